The maximum absolute atomic E-state index is 12.5. The first-order chi connectivity index (χ1) is 9.90. The highest BCUT2D eigenvalue weighted by Gasteiger charge is 2.38. The molecule has 5 heteroatoms. The largest absolute Gasteiger partial charge is 0.481 e. The summed E-state index contributed by atoms with van der Waals surface area (Å²) in [7, 11) is 0. The van der Waals surface area contributed by atoms with Crippen molar-refractivity contribution in [2.75, 3.05) is 5.32 Å². The topological polar surface area (TPSA) is 66.4 Å². The van der Waals surface area contributed by atoms with Crippen molar-refractivity contribution < 1.29 is 14.7 Å². The lowest BCUT2D eigenvalue weighted by Crippen LogP contribution is -2.39. The Hall–Kier alpha value is -1.62. The molecule has 2 rings (SSSR count). The van der Waals surface area contributed by atoms with Gasteiger partial charge in [0.05, 0.1) is 17.5 Å². The van der Waals surface area contributed by atoms with Gasteiger partial charge in [0, 0.05) is 4.47 Å². The monoisotopic (exact) mass is 351 g/mol. The van der Waals surface area contributed by atoms with Crippen LogP contribution in [0.25, 0.3) is 0 Å². The number of allylic oxidation sites excluding steroid dienone is 2. The van der Waals surface area contributed by atoms with Crippen molar-refractivity contribution in [3.8, 4) is 0 Å². The first kappa shape index (κ1) is 15.8. The molecule has 1 aliphatic rings. The van der Waals surface area contributed by atoms with E-state index in [4.69, 9.17) is 0 Å². The fraction of sp³-hybridized carbons (Fsp3) is 0.375. The van der Waals surface area contributed by atoms with Crippen molar-refractivity contribution in [3.05, 3.63) is 40.4 Å². The number of rotatable bonds is 3. The van der Waals surface area contributed by atoms with Gasteiger partial charge in [-0.1, -0.05) is 25.1 Å². The number of carboxylic acids is 1. The number of amides is 1. The van der Waals surface area contributed by atoms with E-state index in [-0.39, 0.29) is 11.8 Å². The Kier molecular flexibility index (Phi) is 4.83. The summed E-state index contributed by atoms with van der Waals surface area (Å²) in [6.45, 7) is 3.84. The molecule has 4 nitrogen and oxygen atoms in total. The van der Waals surface area contributed by atoms with E-state index < -0.39 is 17.8 Å². The molecule has 0 saturated heterocycles. The van der Waals surface area contributed by atoms with Crippen molar-refractivity contribution in [3.63, 3.8) is 0 Å². The smallest absolute Gasteiger partial charge is 0.307 e. The van der Waals surface area contributed by atoms with Gasteiger partial charge in [0.2, 0.25) is 5.91 Å². The summed E-state index contributed by atoms with van der Waals surface area (Å²) in [5.41, 5.74) is 1.74. The van der Waals surface area contributed by atoms with E-state index in [0.717, 1.165) is 10.0 Å². The molecule has 0 saturated carbocycles. The molecular formula is C16H18BrNO3. The number of hydrogen-bond donors (Lipinski definition) is 2. The number of nitrogens with one attached hydrogen (secondary N) is 1. The van der Waals surface area contributed by atoms with Crippen LogP contribution in [0.1, 0.15) is 18.9 Å². The number of carboxylic acid groups (broad SMARTS) is 1. The first-order valence-electron chi connectivity index (χ1n) is 6.86. The summed E-state index contributed by atoms with van der Waals surface area (Å²) in [5, 5.41) is 12.1. The number of halogens is 1. The first-order valence-corrected chi connectivity index (χ1v) is 7.66. The molecule has 0 bridgehead atoms. The molecule has 21 heavy (non-hydrogen) atoms. The number of anilines is 1. The molecule has 1 amide bonds. The van der Waals surface area contributed by atoms with Gasteiger partial charge in [-0.2, -0.15) is 0 Å². The van der Waals surface area contributed by atoms with Crippen LogP contribution in [0.15, 0.2) is 34.8 Å². The molecule has 3 unspecified atom stereocenters. The van der Waals surface area contributed by atoms with Gasteiger partial charge in [-0.25, -0.2) is 0 Å². The summed E-state index contributed by atoms with van der Waals surface area (Å²) < 4.78 is 0.793. The minimum atomic E-state index is -0.922. The molecule has 2 N–H and O–H groups in total. The average Bonchev–Trinajstić information content (AvgIpc) is 2.41. The SMILES string of the molecule is Cc1ccc(NC(=O)C2C(C)C=CCC2C(=O)O)c(Br)c1. The van der Waals surface area contributed by atoms with Crippen LogP contribution in [-0.2, 0) is 9.59 Å². The number of aryl methyl sites for hydroxylation is 1. The number of aliphatic carboxylic acids is 1. The van der Waals surface area contributed by atoms with Crippen LogP contribution in [0, 0.1) is 24.7 Å². The number of benzene rings is 1. The Morgan fingerprint density at radius 3 is 2.71 bits per heavy atom. The number of carbonyl (C=O) groups excluding carboxylic acids is 1. The van der Waals surface area contributed by atoms with E-state index in [1.165, 1.54) is 0 Å². The molecule has 1 aliphatic carbocycles. The Balaban J connectivity index is 2.21. The van der Waals surface area contributed by atoms with Gasteiger partial charge in [0.1, 0.15) is 0 Å². The average molecular weight is 352 g/mol. The van der Waals surface area contributed by atoms with E-state index in [0.29, 0.717) is 12.1 Å². The van der Waals surface area contributed by atoms with Crippen LogP contribution in [0.2, 0.25) is 0 Å². The lowest BCUT2D eigenvalue weighted by Gasteiger charge is -2.29. The second-order valence-electron chi connectivity index (χ2n) is 5.47. The lowest BCUT2D eigenvalue weighted by molar-refractivity contribution is -0.147. The fourth-order valence-corrected chi connectivity index (χ4v) is 3.28. The van der Waals surface area contributed by atoms with Crippen LogP contribution >= 0.6 is 15.9 Å². The highest BCUT2D eigenvalue weighted by molar-refractivity contribution is 9.10. The quantitative estimate of drug-likeness (QED) is 0.817. The Bertz CT molecular complexity index is 597. The minimum absolute atomic E-state index is 0.0935. The third-order valence-electron chi connectivity index (χ3n) is 3.83. The zero-order valence-corrected chi connectivity index (χ0v) is 13.6. The number of carbonyl (C=O) groups is 2. The highest BCUT2D eigenvalue weighted by atomic mass is 79.9. The standard InChI is InChI=1S/C16H18BrNO3/c1-9-6-7-13(12(17)8-9)18-15(19)14-10(2)4-3-5-11(14)16(20)21/h3-4,6-8,10-11,14H,5H2,1-2H3,(H,18,19)(H,20,21). The van der Waals surface area contributed by atoms with Crippen molar-refractivity contribution in [2.24, 2.45) is 17.8 Å². The fourth-order valence-electron chi connectivity index (χ4n) is 2.69. The van der Waals surface area contributed by atoms with Crippen LogP contribution in [0.5, 0.6) is 0 Å². The van der Waals surface area contributed by atoms with Gasteiger partial charge in [-0.3, -0.25) is 9.59 Å². The van der Waals surface area contributed by atoms with E-state index in [1.807, 2.05) is 44.2 Å². The summed E-state index contributed by atoms with van der Waals surface area (Å²) in [6.07, 6.45) is 4.15. The zero-order valence-electron chi connectivity index (χ0n) is 12.0. The minimum Gasteiger partial charge on any atom is -0.481 e. The van der Waals surface area contributed by atoms with E-state index in [1.54, 1.807) is 0 Å². The molecule has 0 heterocycles. The summed E-state index contributed by atoms with van der Waals surface area (Å²) >= 11 is 3.41. The molecule has 0 spiro atoms. The van der Waals surface area contributed by atoms with Crippen molar-refractivity contribution in [2.45, 2.75) is 20.3 Å². The summed E-state index contributed by atoms with van der Waals surface area (Å²) in [4.78, 5) is 23.9. The summed E-state index contributed by atoms with van der Waals surface area (Å²) in [5.74, 6) is -2.49. The van der Waals surface area contributed by atoms with Crippen molar-refractivity contribution in [1.82, 2.24) is 0 Å². The van der Waals surface area contributed by atoms with Crippen LogP contribution in [0.3, 0.4) is 0 Å². The predicted molar refractivity (Wildman–Crippen MR) is 85.0 cm³/mol. The third kappa shape index (κ3) is 3.53. The number of hydrogen-bond acceptors (Lipinski definition) is 2. The Morgan fingerprint density at radius 2 is 2.10 bits per heavy atom. The molecule has 1 aromatic carbocycles. The van der Waals surface area contributed by atoms with E-state index in [9.17, 15) is 14.7 Å². The second-order valence-corrected chi connectivity index (χ2v) is 6.32. The maximum atomic E-state index is 12.5. The Labute approximate surface area is 132 Å². The van der Waals surface area contributed by atoms with Crippen molar-refractivity contribution in [1.29, 1.82) is 0 Å². The van der Waals surface area contributed by atoms with Gasteiger partial charge in [0.25, 0.3) is 0 Å². The molecule has 0 radical (unpaired) electrons. The molecule has 112 valence electrons. The maximum Gasteiger partial charge on any atom is 0.307 e. The molecule has 3 atom stereocenters. The van der Waals surface area contributed by atoms with Gasteiger partial charge >= 0.3 is 5.97 Å². The molecule has 1 aromatic rings. The molecular weight excluding hydrogens is 334 g/mol. The van der Waals surface area contributed by atoms with Gasteiger partial charge in [-0.15, -0.1) is 0 Å². The van der Waals surface area contributed by atoms with Crippen molar-refractivity contribution >= 4 is 33.5 Å². The van der Waals surface area contributed by atoms with Gasteiger partial charge in [-0.05, 0) is 52.9 Å². The van der Waals surface area contributed by atoms with Crippen LogP contribution in [0.4, 0.5) is 5.69 Å². The third-order valence-corrected chi connectivity index (χ3v) is 4.49. The van der Waals surface area contributed by atoms with E-state index in [2.05, 4.69) is 21.2 Å². The van der Waals surface area contributed by atoms with Gasteiger partial charge in [0.15, 0.2) is 0 Å². The summed E-state index contributed by atoms with van der Waals surface area (Å²) in [6, 6.07) is 5.63. The Morgan fingerprint density at radius 1 is 1.38 bits per heavy atom. The van der Waals surface area contributed by atoms with E-state index >= 15 is 0 Å². The predicted octanol–water partition coefficient (Wildman–Crippen LogP) is 3.61. The second kappa shape index (κ2) is 6.43. The van der Waals surface area contributed by atoms with Crippen LogP contribution < -0.4 is 5.32 Å². The zero-order chi connectivity index (χ0) is 15.6. The lowest BCUT2D eigenvalue weighted by atomic mass is 9.76. The normalized spacial score (nSPS) is 24.6. The molecule has 0 aromatic heterocycles. The highest BCUT2D eigenvalue weighted by Crippen LogP contribution is 2.32. The molecule has 0 aliphatic heterocycles. The molecule has 0 fully saturated rings. The van der Waals surface area contributed by atoms with Gasteiger partial charge < -0.3 is 10.4 Å². The van der Waals surface area contributed by atoms with Crippen LogP contribution in [-0.4, -0.2) is 17.0 Å².